The number of ether oxygens (including phenoxy) is 4. The van der Waals surface area contributed by atoms with Crippen molar-refractivity contribution in [3.63, 3.8) is 0 Å². The van der Waals surface area contributed by atoms with Gasteiger partial charge in [-0.3, -0.25) is 19.2 Å². The lowest BCUT2D eigenvalue weighted by molar-refractivity contribution is -0.129. The zero-order chi connectivity index (χ0) is 35.5. The smallest absolute Gasteiger partial charge is 0.246 e. The molecule has 3 amide bonds. The summed E-state index contributed by atoms with van der Waals surface area (Å²) in [4.78, 5) is 47.9. The van der Waals surface area contributed by atoms with Gasteiger partial charge in [-0.1, -0.05) is 111 Å². The molecule has 12 nitrogen and oxygen atoms in total. The molecule has 0 unspecified atom stereocenters. The standard InChI is InChI=1S/C36H70N4O8/c1-4-5-6-7-8-9-10-11-12-13-14-15-16-17-18-19-34(42)40-32(28-37)36(44)39-21-23-46-25-27-48-30-35(43)38-20-22-45-24-26-47-29-33(41)31(2)3/h31-32H,4-30,37H2,1-3H3,(H,38,43)(H,39,44)(H,40,42)/t32-/m0/s1. The molecule has 0 aromatic heterocycles. The summed E-state index contributed by atoms with van der Waals surface area (Å²) in [7, 11) is 0. The number of ketones is 1. The van der Waals surface area contributed by atoms with E-state index in [-0.39, 0.29) is 75.5 Å². The molecule has 5 N–H and O–H groups in total. The number of rotatable bonds is 36. The minimum atomic E-state index is -0.769. The van der Waals surface area contributed by atoms with E-state index in [1.807, 2.05) is 13.8 Å². The highest BCUT2D eigenvalue weighted by Crippen LogP contribution is 2.13. The molecule has 0 bridgehead atoms. The number of carbonyl (C=O) groups is 4. The minimum absolute atomic E-state index is 0.0222. The van der Waals surface area contributed by atoms with E-state index in [4.69, 9.17) is 24.7 Å². The number of nitrogens with two attached hydrogens (primary N) is 1. The van der Waals surface area contributed by atoms with Crippen LogP contribution in [0.1, 0.15) is 124 Å². The summed E-state index contributed by atoms with van der Waals surface area (Å²) in [6.07, 6.45) is 19.5. The van der Waals surface area contributed by atoms with E-state index in [1.54, 1.807) is 0 Å². The molecule has 0 aromatic rings. The van der Waals surface area contributed by atoms with Crippen LogP contribution in [-0.4, -0.2) is 102 Å². The van der Waals surface area contributed by atoms with E-state index in [2.05, 4.69) is 22.9 Å². The first-order chi connectivity index (χ1) is 23.3. The average Bonchev–Trinajstić information content (AvgIpc) is 3.07. The van der Waals surface area contributed by atoms with Crippen molar-refractivity contribution in [1.29, 1.82) is 0 Å². The predicted molar refractivity (Wildman–Crippen MR) is 190 cm³/mol. The molecule has 0 aliphatic heterocycles. The Hall–Kier alpha value is -2.12. The van der Waals surface area contributed by atoms with Crippen molar-refractivity contribution in [2.75, 3.05) is 72.5 Å². The summed E-state index contributed by atoms with van der Waals surface area (Å²) >= 11 is 0. The van der Waals surface area contributed by atoms with Gasteiger partial charge < -0.3 is 40.6 Å². The Morgan fingerprint density at radius 2 is 1.02 bits per heavy atom. The van der Waals surface area contributed by atoms with E-state index in [1.165, 1.54) is 77.0 Å². The number of Topliss-reactive ketones (excluding diaryl/α,β-unsaturated/α-hetero) is 1. The molecule has 0 aliphatic carbocycles. The summed E-state index contributed by atoms with van der Waals surface area (Å²) in [5.41, 5.74) is 5.72. The second-order valence-electron chi connectivity index (χ2n) is 12.6. The monoisotopic (exact) mass is 687 g/mol. The van der Waals surface area contributed by atoms with Gasteiger partial charge in [0, 0.05) is 32.0 Å². The van der Waals surface area contributed by atoms with Crippen molar-refractivity contribution in [1.82, 2.24) is 16.0 Å². The molecule has 0 saturated carbocycles. The van der Waals surface area contributed by atoms with Crippen LogP contribution in [0, 0.1) is 5.92 Å². The maximum Gasteiger partial charge on any atom is 0.246 e. The Labute approximate surface area is 291 Å². The Balaban J connectivity index is 3.60. The SMILES string of the molecule is CCCCCCCCCCCCCCCCCC(=O)N[C@@H](CN)C(=O)NCCOCCOCC(=O)NCCOCCOCC(=O)C(C)C. The van der Waals surface area contributed by atoms with Crippen LogP contribution in [0.25, 0.3) is 0 Å². The molecule has 0 aliphatic rings. The quantitative estimate of drug-likeness (QED) is 0.0706. The highest BCUT2D eigenvalue weighted by Gasteiger charge is 2.18. The van der Waals surface area contributed by atoms with Gasteiger partial charge in [-0.2, -0.15) is 0 Å². The lowest BCUT2D eigenvalue weighted by Gasteiger charge is -2.16. The van der Waals surface area contributed by atoms with Gasteiger partial charge in [-0.25, -0.2) is 0 Å². The summed E-state index contributed by atoms with van der Waals surface area (Å²) in [5, 5.41) is 8.14. The maximum atomic E-state index is 12.4. The second kappa shape index (κ2) is 34.7. The fourth-order valence-electron chi connectivity index (χ4n) is 4.78. The van der Waals surface area contributed by atoms with Gasteiger partial charge in [0.05, 0.1) is 39.6 Å². The van der Waals surface area contributed by atoms with Crippen molar-refractivity contribution in [2.24, 2.45) is 11.7 Å². The molecule has 0 rings (SSSR count). The Bertz CT molecular complexity index is 800. The number of amides is 3. The van der Waals surface area contributed by atoms with Crippen molar-refractivity contribution in [3.8, 4) is 0 Å². The fourth-order valence-corrected chi connectivity index (χ4v) is 4.78. The van der Waals surface area contributed by atoms with Crippen LogP contribution in [0.3, 0.4) is 0 Å². The number of nitrogens with one attached hydrogen (secondary N) is 3. The molecule has 12 heteroatoms. The van der Waals surface area contributed by atoms with Gasteiger partial charge in [0.15, 0.2) is 5.78 Å². The van der Waals surface area contributed by atoms with Gasteiger partial charge in [-0.05, 0) is 6.42 Å². The maximum absolute atomic E-state index is 12.4. The summed E-state index contributed by atoms with van der Waals surface area (Å²) < 4.78 is 21.3. The molecular formula is C36H70N4O8. The molecule has 0 fully saturated rings. The zero-order valence-corrected chi connectivity index (χ0v) is 30.6. The second-order valence-corrected chi connectivity index (χ2v) is 12.6. The third kappa shape index (κ3) is 31.2. The first-order valence-electron chi connectivity index (χ1n) is 18.7. The summed E-state index contributed by atoms with van der Waals surface area (Å²) in [6, 6.07) is -0.769. The Morgan fingerprint density at radius 3 is 1.52 bits per heavy atom. The number of hydrogen-bond donors (Lipinski definition) is 4. The summed E-state index contributed by atoms with van der Waals surface area (Å²) in [5.74, 6) is -0.744. The normalized spacial score (nSPS) is 11.9. The minimum Gasteiger partial charge on any atom is -0.377 e. The van der Waals surface area contributed by atoms with E-state index in [0.717, 1.165) is 19.3 Å². The average molecular weight is 687 g/mol. The molecule has 282 valence electrons. The molecule has 0 aromatic carbocycles. The highest BCUT2D eigenvalue weighted by molar-refractivity contribution is 5.87. The highest BCUT2D eigenvalue weighted by atomic mass is 16.5. The molecular weight excluding hydrogens is 616 g/mol. The fraction of sp³-hybridized carbons (Fsp3) is 0.889. The van der Waals surface area contributed by atoms with Crippen molar-refractivity contribution < 1.29 is 38.1 Å². The number of carbonyl (C=O) groups excluding carboxylic acids is 4. The first kappa shape index (κ1) is 45.9. The van der Waals surface area contributed by atoms with E-state index in [0.29, 0.717) is 32.8 Å². The van der Waals surface area contributed by atoms with Crippen molar-refractivity contribution in [3.05, 3.63) is 0 Å². The molecule has 0 spiro atoms. The predicted octanol–water partition coefficient (Wildman–Crippen LogP) is 4.22. The van der Waals surface area contributed by atoms with Crippen molar-refractivity contribution >= 4 is 23.5 Å². The van der Waals surface area contributed by atoms with Crippen LogP contribution in [0.5, 0.6) is 0 Å². The summed E-state index contributed by atoms with van der Waals surface area (Å²) in [6.45, 7) is 8.28. The van der Waals surface area contributed by atoms with Crippen LogP contribution in [0.2, 0.25) is 0 Å². The Morgan fingerprint density at radius 1 is 0.562 bits per heavy atom. The number of unbranched alkanes of at least 4 members (excludes halogenated alkanes) is 14. The van der Waals surface area contributed by atoms with E-state index >= 15 is 0 Å². The van der Waals surface area contributed by atoms with Crippen LogP contribution >= 0.6 is 0 Å². The molecule has 1 atom stereocenters. The van der Waals surface area contributed by atoms with Gasteiger partial charge in [0.1, 0.15) is 19.3 Å². The van der Waals surface area contributed by atoms with E-state index < -0.39 is 6.04 Å². The lowest BCUT2D eigenvalue weighted by Crippen LogP contribution is -2.51. The zero-order valence-electron chi connectivity index (χ0n) is 30.6. The molecule has 48 heavy (non-hydrogen) atoms. The lowest BCUT2D eigenvalue weighted by atomic mass is 10.0. The van der Waals surface area contributed by atoms with Gasteiger partial charge in [-0.15, -0.1) is 0 Å². The van der Waals surface area contributed by atoms with Crippen LogP contribution in [0.15, 0.2) is 0 Å². The van der Waals surface area contributed by atoms with Gasteiger partial charge in [0.25, 0.3) is 0 Å². The first-order valence-corrected chi connectivity index (χ1v) is 18.7. The largest absolute Gasteiger partial charge is 0.377 e. The van der Waals surface area contributed by atoms with Crippen LogP contribution in [0.4, 0.5) is 0 Å². The van der Waals surface area contributed by atoms with E-state index in [9.17, 15) is 19.2 Å². The van der Waals surface area contributed by atoms with Crippen LogP contribution < -0.4 is 21.7 Å². The molecule has 0 radical (unpaired) electrons. The Kier molecular flexibility index (Phi) is 33.2. The number of hydrogen-bond acceptors (Lipinski definition) is 9. The molecule has 0 saturated heterocycles. The molecule has 0 heterocycles. The van der Waals surface area contributed by atoms with Gasteiger partial charge in [0.2, 0.25) is 17.7 Å². The van der Waals surface area contributed by atoms with Gasteiger partial charge >= 0.3 is 0 Å². The van der Waals surface area contributed by atoms with Crippen molar-refractivity contribution in [2.45, 2.75) is 130 Å². The third-order valence-corrected chi connectivity index (χ3v) is 7.87. The van der Waals surface area contributed by atoms with Crippen LogP contribution in [-0.2, 0) is 38.1 Å². The third-order valence-electron chi connectivity index (χ3n) is 7.87. The topological polar surface area (TPSA) is 167 Å².